The Kier molecular flexibility index (Phi) is 5.97. The summed E-state index contributed by atoms with van der Waals surface area (Å²) in [6.07, 6.45) is 5.20. The summed E-state index contributed by atoms with van der Waals surface area (Å²) < 4.78 is 0. The van der Waals surface area contributed by atoms with Crippen molar-refractivity contribution in [2.75, 3.05) is 6.54 Å². The van der Waals surface area contributed by atoms with Crippen molar-refractivity contribution in [1.82, 2.24) is 10.6 Å². The van der Waals surface area contributed by atoms with Crippen LogP contribution in [-0.2, 0) is 9.59 Å². The van der Waals surface area contributed by atoms with E-state index in [1.807, 2.05) is 0 Å². The van der Waals surface area contributed by atoms with Crippen LogP contribution in [0.4, 0.5) is 0 Å². The lowest BCUT2D eigenvalue weighted by molar-refractivity contribution is -0.123. The smallest absolute Gasteiger partial charge is 0.236 e. The highest BCUT2D eigenvalue weighted by Crippen LogP contribution is 2.18. The van der Waals surface area contributed by atoms with E-state index >= 15 is 0 Å². The monoisotopic (exact) mass is 241 g/mol. The molecule has 4 N–H and O–H groups in total. The summed E-state index contributed by atoms with van der Waals surface area (Å²) >= 11 is 0. The summed E-state index contributed by atoms with van der Waals surface area (Å²) in [5.41, 5.74) is 5.70. The highest BCUT2D eigenvalue weighted by atomic mass is 16.2. The highest BCUT2D eigenvalue weighted by molar-refractivity contribution is 5.82. The van der Waals surface area contributed by atoms with E-state index in [-0.39, 0.29) is 11.8 Å². The van der Waals surface area contributed by atoms with Crippen LogP contribution in [-0.4, -0.2) is 30.4 Å². The summed E-state index contributed by atoms with van der Waals surface area (Å²) in [6, 6.07) is -0.0635. The van der Waals surface area contributed by atoms with Crippen molar-refractivity contribution in [3.63, 3.8) is 0 Å². The molecule has 0 aromatic heterocycles. The van der Waals surface area contributed by atoms with Crippen molar-refractivity contribution in [2.45, 2.75) is 57.5 Å². The van der Waals surface area contributed by atoms with Crippen molar-refractivity contribution in [2.24, 2.45) is 5.73 Å². The standard InChI is InChI=1S/C12H23N3O2/c1-2-3-4-10(13)12(17)14-8-7-11(16)15-9-5-6-9/h9-10H,2-8,13H2,1H3,(H,14,17)(H,15,16)/t10-/m0/s1. The first-order valence-corrected chi connectivity index (χ1v) is 6.46. The molecule has 0 aromatic rings. The van der Waals surface area contributed by atoms with Crippen LogP contribution in [0, 0.1) is 0 Å². The molecule has 98 valence electrons. The fourth-order valence-electron chi connectivity index (χ4n) is 1.51. The van der Waals surface area contributed by atoms with Crippen molar-refractivity contribution in [3.05, 3.63) is 0 Å². The van der Waals surface area contributed by atoms with E-state index < -0.39 is 6.04 Å². The molecule has 17 heavy (non-hydrogen) atoms. The number of rotatable bonds is 8. The molecule has 0 unspecified atom stereocenters. The molecular formula is C12H23N3O2. The molecule has 5 nitrogen and oxygen atoms in total. The number of nitrogens with one attached hydrogen (secondary N) is 2. The van der Waals surface area contributed by atoms with Gasteiger partial charge in [-0.2, -0.15) is 0 Å². The zero-order valence-electron chi connectivity index (χ0n) is 10.5. The molecule has 1 fully saturated rings. The minimum absolute atomic E-state index is 0.00919. The molecular weight excluding hydrogens is 218 g/mol. The molecule has 1 atom stereocenters. The lowest BCUT2D eigenvalue weighted by Crippen LogP contribution is -2.42. The average Bonchev–Trinajstić information content (AvgIpc) is 3.09. The van der Waals surface area contributed by atoms with Crippen LogP contribution >= 0.6 is 0 Å². The summed E-state index contributed by atoms with van der Waals surface area (Å²) in [5.74, 6) is -0.146. The molecule has 0 saturated heterocycles. The van der Waals surface area contributed by atoms with E-state index in [2.05, 4.69) is 17.6 Å². The Bertz CT molecular complexity index is 264. The van der Waals surface area contributed by atoms with Crippen LogP contribution in [0.25, 0.3) is 0 Å². The Labute approximate surface area is 103 Å². The van der Waals surface area contributed by atoms with Crippen molar-refractivity contribution in [3.8, 4) is 0 Å². The topological polar surface area (TPSA) is 84.2 Å². The molecule has 0 heterocycles. The van der Waals surface area contributed by atoms with Gasteiger partial charge in [-0.05, 0) is 19.3 Å². The van der Waals surface area contributed by atoms with E-state index in [0.29, 0.717) is 25.4 Å². The fraction of sp³-hybridized carbons (Fsp3) is 0.833. The molecule has 5 heteroatoms. The van der Waals surface area contributed by atoms with Gasteiger partial charge in [-0.15, -0.1) is 0 Å². The second kappa shape index (κ2) is 7.27. The second-order valence-corrected chi connectivity index (χ2v) is 4.63. The largest absolute Gasteiger partial charge is 0.354 e. The molecule has 2 amide bonds. The Balaban J connectivity index is 2.03. The quantitative estimate of drug-likeness (QED) is 0.571. The van der Waals surface area contributed by atoms with Gasteiger partial charge in [0.25, 0.3) is 0 Å². The van der Waals surface area contributed by atoms with Crippen LogP contribution < -0.4 is 16.4 Å². The van der Waals surface area contributed by atoms with Gasteiger partial charge in [0.05, 0.1) is 6.04 Å². The number of carbonyl (C=O) groups excluding carboxylic acids is 2. The minimum Gasteiger partial charge on any atom is -0.354 e. The van der Waals surface area contributed by atoms with Gasteiger partial charge in [0.1, 0.15) is 0 Å². The number of hydrogen-bond acceptors (Lipinski definition) is 3. The predicted octanol–water partition coefficient (Wildman–Crippen LogP) is 0.289. The van der Waals surface area contributed by atoms with Crippen LogP contribution in [0.3, 0.4) is 0 Å². The third-order valence-corrected chi connectivity index (χ3v) is 2.80. The third kappa shape index (κ3) is 6.26. The first-order valence-electron chi connectivity index (χ1n) is 6.46. The normalized spacial score (nSPS) is 16.4. The zero-order valence-corrected chi connectivity index (χ0v) is 10.5. The first-order chi connectivity index (χ1) is 8.13. The Hall–Kier alpha value is -1.10. The SMILES string of the molecule is CCCC[C@H](N)C(=O)NCCC(=O)NC1CC1. The number of amides is 2. The summed E-state index contributed by atoms with van der Waals surface area (Å²) in [5, 5.41) is 5.56. The molecule has 0 radical (unpaired) electrons. The molecule has 0 spiro atoms. The number of nitrogens with two attached hydrogens (primary N) is 1. The predicted molar refractivity (Wildman–Crippen MR) is 66.3 cm³/mol. The van der Waals surface area contributed by atoms with E-state index in [1.165, 1.54) is 0 Å². The number of unbranched alkanes of at least 4 members (excludes halogenated alkanes) is 1. The van der Waals surface area contributed by atoms with Gasteiger partial charge in [0.2, 0.25) is 11.8 Å². The van der Waals surface area contributed by atoms with Crippen LogP contribution in [0.5, 0.6) is 0 Å². The summed E-state index contributed by atoms with van der Waals surface area (Å²) in [4.78, 5) is 22.8. The van der Waals surface area contributed by atoms with E-state index in [9.17, 15) is 9.59 Å². The third-order valence-electron chi connectivity index (χ3n) is 2.80. The molecule has 1 aliphatic rings. The Morgan fingerprint density at radius 3 is 2.71 bits per heavy atom. The molecule has 1 aliphatic carbocycles. The van der Waals surface area contributed by atoms with Gasteiger partial charge in [-0.1, -0.05) is 19.8 Å². The van der Waals surface area contributed by atoms with Gasteiger partial charge in [-0.25, -0.2) is 0 Å². The van der Waals surface area contributed by atoms with Gasteiger partial charge in [0.15, 0.2) is 0 Å². The molecule has 1 rings (SSSR count). The molecule has 1 saturated carbocycles. The highest BCUT2D eigenvalue weighted by Gasteiger charge is 2.22. The maximum Gasteiger partial charge on any atom is 0.236 e. The number of hydrogen-bond donors (Lipinski definition) is 3. The Morgan fingerprint density at radius 1 is 1.41 bits per heavy atom. The minimum atomic E-state index is -0.443. The second-order valence-electron chi connectivity index (χ2n) is 4.63. The summed E-state index contributed by atoms with van der Waals surface area (Å²) in [7, 11) is 0. The van der Waals surface area contributed by atoms with Crippen molar-refractivity contribution in [1.29, 1.82) is 0 Å². The van der Waals surface area contributed by atoms with Gasteiger partial charge >= 0.3 is 0 Å². The lowest BCUT2D eigenvalue weighted by atomic mass is 10.1. The molecule has 0 aromatic carbocycles. The zero-order chi connectivity index (χ0) is 12.7. The number of carbonyl (C=O) groups is 2. The van der Waals surface area contributed by atoms with Gasteiger partial charge in [0, 0.05) is 19.0 Å². The van der Waals surface area contributed by atoms with Gasteiger partial charge in [-0.3, -0.25) is 9.59 Å². The summed E-state index contributed by atoms with van der Waals surface area (Å²) in [6.45, 7) is 2.43. The molecule has 0 bridgehead atoms. The van der Waals surface area contributed by atoms with Crippen molar-refractivity contribution < 1.29 is 9.59 Å². The van der Waals surface area contributed by atoms with Crippen LogP contribution in [0.2, 0.25) is 0 Å². The average molecular weight is 241 g/mol. The maximum absolute atomic E-state index is 11.5. The van der Waals surface area contributed by atoms with E-state index in [4.69, 9.17) is 5.73 Å². The van der Waals surface area contributed by atoms with Crippen molar-refractivity contribution >= 4 is 11.8 Å². The van der Waals surface area contributed by atoms with E-state index in [0.717, 1.165) is 25.7 Å². The first kappa shape index (κ1) is 14.0. The van der Waals surface area contributed by atoms with Gasteiger partial charge < -0.3 is 16.4 Å². The Morgan fingerprint density at radius 2 is 2.12 bits per heavy atom. The fourth-order valence-corrected chi connectivity index (χ4v) is 1.51. The molecule has 0 aliphatic heterocycles. The van der Waals surface area contributed by atoms with Crippen LogP contribution in [0.1, 0.15) is 45.4 Å². The lowest BCUT2D eigenvalue weighted by Gasteiger charge is -2.11. The van der Waals surface area contributed by atoms with E-state index in [1.54, 1.807) is 0 Å². The maximum atomic E-state index is 11.5. The van der Waals surface area contributed by atoms with Crippen LogP contribution in [0.15, 0.2) is 0 Å².